The van der Waals surface area contributed by atoms with E-state index in [9.17, 15) is 13.6 Å². The standard InChI is InChI=1S/C13H17F2N3O/c1-8-7-18(6-5-13(8,14)15)12-10(11(16)19)4-3-9(2)17-12/h3-4,8H,5-7H2,1-2H3,(H2,16,19). The molecule has 104 valence electrons. The number of hydrogen-bond donors (Lipinski definition) is 1. The third-order valence-electron chi connectivity index (χ3n) is 3.51. The number of rotatable bonds is 2. The van der Waals surface area contributed by atoms with Gasteiger partial charge in [0, 0.05) is 31.1 Å². The number of nitrogens with zero attached hydrogens (tertiary/aromatic N) is 2. The summed E-state index contributed by atoms with van der Waals surface area (Å²) in [5.41, 5.74) is 6.31. The van der Waals surface area contributed by atoms with Crippen LogP contribution in [0.1, 0.15) is 29.4 Å². The lowest BCUT2D eigenvalue weighted by molar-refractivity contribution is -0.0652. The lowest BCUT2D eigenvalue weighted by Gasteiger charge is -2.37. The molecular weight excluding hydrogens is 252 g/mol. The predicted molar refractivity (Wildman–Crippen MR) is 68.4 cm³/mol. The number of piperidine rings is 1. The molecule has 6 heteroatoms. The number of carbonyl (C=O) groups is 1. The molecular formula is C13H17F2N3O. The highest BCUT2D eigenvalue weighted by atomic mass is 19.3. The van der Waals surface area contributed by atoms with Crippen molar-refractivity contribution >= 4 is 11.7 Å². The SMILES string of the molecule is Cc1ccc(C(N)=O)c(N2CCC(F)(F)C(C)C2)n1. The Balaban J connectivity index is 2.32. The Morgan fingerprint density at radius 1 is 1.53 bits per heavy atom. The minimum atomic E-state index is -2.66. The van der Waals surface area contributed by atoms with Gasteiger partial charge in [-0.2, -0.15) is 0 Å². The lowest BCUT2D eigenvalue weighted by Crippen LogP contribution is -2.46. The van der Waals surface area contributed by atoms with Crippen LogP contribution in [-0.4, -0.2) is 29.9 Å². The number of carbonyl (C=O) groups excluding carboxylic acids is 1. The number of primary amides is 1. The van der Waals surface area contributed by atoms with E-state index in [4.69, 9.17) is 5.73 Å². The van der Waals surface area contributed by atoms with Gasteiger partial charge in [0.1, 0.15) is 5.82 Å². The first-order valence-electron chi connectivity index (χ1n) is 6.21. The maximum Gasteiger partial charge on any atom is 0.254 e. The number of hydrogen-bond acceptors (Lipinski definition) is 3. The summed E-state index contributed by atoms with van der Waals surface area (Å²) in [7, 11) is 0. The van der Waals surface area contributed by atoms with E-state index in [1.54, 1.807) is 24.0 Å². The van der Waals surface area contributed by atoms with Gasteiger partial charge in [0.25, 0.3) is 11.8 Å². The molecule has 0 saturated carbocycles. The molecule has 0 aromatic carbocycles. The highest BCUT2D eigenvalue weighted by Crippen LogP contribution is 2.35. The van der Waals surface area contributed by atoms with E-state index in [2.05, 4.69) is 4.98 Å². The highest BCUT2D eigenvalue weighted by Gasteiger charge is 2.41. The molecule has 1 atom stereocenters. The Labute approximate surface area is 110 Å². The van der Waals surface area contributed by atoms with E-state index in [1.165, 1.54) is 6.92 Å². The second-order valence-electron chi connectivity index (χ2n) is 5.05. The monoisotopic (exact) mass is 269 g/mol. The maximum atomic E-state index is 13.5. The van der Waals surface area contributed by atoms with Crippen molar-refractivity contribution in [1.29, 1.82) is 0 Å². The zero-order valence-corrected chi connectivity index (χ0v) is 11.0. The van der Waals surface area contributed by atoms with Crippen molar-refractivity contribution in [2.24, 2.45) is 11.7 Å². The maximum absolute atomic E-state index is 13.5. The van der Waals surface area contributed by atoms with Gasteiger partial charge >= 0.3 is 0 Å². The molecule has 0 bridgehead atoms. The number of nitrogens with two attached hydrogens (primary N) is 1. The molecule has 1 fully saturated rings. The van der Waals surface area contributed by atoms with Crippen LogP contribution in [0, 0.1) is 12.8 Å². The van der Waals surface area contributed by atoms with Crippen LogP contribution in [0.2, 0.25) is 0 Å². The minimum absolute atomic E-state index is 0.170. The quantitative estimate of drug-likeness (QED) is 0.893. The number of pyridine rings is 1. The Bertz CT molecular complexity index is 505. The summed E-state index contributed by atoms with van der Waals surface area (Å²) < 4.78 is 27.0. The fraction of sp³-hybridized carbons (Fsp3) is 0.538. The van der Waals surface area contributed by atoms with Gasteiger partial charge < -0.3 is 10.6 Å². The third kappa shape index (κ3) is 2.67. The topological polar surface area (TPSA) is 59.2 Å². The van der Waals surface area contributed by atoms with E-state index in [-0.39, 0.29) is 25.1 Å². The van der Waals surface area contributed by atoms with Gasteiger partial charge in [0.2, 0.25) is 0 Å². The van der Waals surface area contributed by atoms with Gasteiger partial charge in [-0.15, -0.1) is 0 Å². The number of anilines is 1. The number of alkyl halides is 2. The van der Waals surface area contributed by atoms with E-state index in [0.717, 1.165) is 5.69 Å². The molecule has 2 N–H and O–H groups in total. The highest BCUT2D eigenvalue weighted by molar-refractivity contribution is 5.97. The molecule has 2 rings (SSSR count). The van der Waals surface area contributed by atoms with Crippen LogP contribution in [0.4, 0.5) is 14.6 Å². The third-order valence-corrected chi connectivity index (χ3v) is 3.51. The molecule has 1 aromatic heterocycles. The molecule has 1 amide bonds. The largest absolute Gasteiger partial charge is 0.365 e. The zero-order valence-electron chi connectivity index (χ0n) is 11.0. The van der Waals surface area contributed by atoms with Gasteiger partial charge in [-0.1, -0.05) is 6.92 Å². The first-order chi connectivity index (χ1) is 8.81. The zero-order chi connectivity index (χ0) is 14.2. The van der Waals surface area contributed by atoms with Crippen LogP contribution >= 0.6 is 0 Å². The predicted octanol–water partition coefficient (Wildman–Crippen LogP) is 1.97. The van der Waals surface area contributed by atoms with Crippen molar-refractivity contribution in [3.8, 4) is 0 Å². The van der Waals surface area contributed by atoms with Crippen LogP contribution in [0.15, 0.2) is 12.1 Å². The summed E-state index contributed by atoms with van der Waals surface area (Å²) in [6, 6.07) is 3.28. The van der Waals surface area contributed by atoms with E-state index in [0.29, 0.717) is 5.82 Å². The average Bonchev–Trinajstić information content (AvgIpc) is 2.32. The summed E-state index contributed by atoms with van der Waals surface area (Å²) in [6.45, 7) is 3.64. The number of amides is 1. The van der Waals surface area contributed by atoms with Crippen LogP contribution < -0.4 is 10.6 Å². The van der Waals surface area contributed by atoms with E-state index >= 15 is 0 Å². The van der Waals surface area contributed by atoms with Crippen molar-refractivity contribution in [2.45, 2.75) is 26.2 Å². The number of aryl methyl sites for hydroxylation is 1. The van der Waals surface area contributed by atoms with E-state index in [1.807, 2.05) is 0 Å². The van der Waals surface area contributed by atoms with Gasteiger partial charge in [-0.05, 0) is 19.1 Å². The van der Waals surface area contributed by atoms with Crippen LogP contribution in [0.3, 0.4) is 0 Å². The molecule has 0 aliphatic carbocycles. The Hall–Kier alpha value is -1.72. The Morgan fingerprint density at radius 2 is 2.21 bits per heavy atom. The molecule has 0 radical (unpaired) electrons. The summed E-state index contributed by atoms with van der Waals surface area (Å²) in [5, 5.41) is 0. The van der Waals surface area contributed by atoms with Crippen LogP contribution in [0.25, 0.3) is 0 Å². The molecule has 1 saturated heterocycles. The average molecular weight is 269 g/mol. The summed E-state index contributed by atoms with van der Waals surface area (Å²) in [6.07, 6.45) is -0.234. The first-order valence-corrected chi connectivity index (χ1v) is 6.21. The molecule has 1 unspecified atom stereocenters. The molecule has 19 heavy (non-hydrogen) atoms. The normalized spacial score (nSPS) is 22.3. The molecule has 4 nitrogen and oxygen atoms in total. The van der Waals surface area contributed by atoms with Crippen molar-refractivity contribution in [3.63, 3.8) is 0 Å². The van der Waals surface area contributed by atoms with Crippen LogP contribution in [-0.2, 0) is 0 Å². The summed E-state index contributed by atoms with van der Waals surface area (Å²) in [5.74, 6) is -3.61. The first kappa shape index (κ1) is 13.7. The second kappa shape index (κ2) is 4.75. The Morgan fingerprint density at radius 3 is 2.79 bits per heavy atom. The minimum Gasteiger partial charge on any atom is -0.365 e. The molecule has 0 spiro atoms. The smallest absolute Gasteiger partial charge is 0.254 e. The number of halogens is 2. The molecule has 1 aliphatic heterocycles. The van der Waals surface area contributed by atoms with Crippen molar-refractivity contribution < 1.29 is 13.6 Å². The lowest BCUT2D eigenvalue weighted by atomic mass is 9.95. The van der Waals surface area contributed by atoms with Crippen molar-refractivity contribution in [2.75, 3.05) is 18.0 Å². The van der Waals surface area contributed by atoms with Gasteiger partial charge in [0.15, 0.2) is 0 Å². The Kier molecular flexibility index (Phi) is 3.43. The molecule has 2 heterocycles. The second-order valence-corrected chi connectivity index (χ2v) is 5.05. The van der Waals surface area contributed by atoms with Crippen molar-refractivity contribution in [3.05, 3.63) is 23.4 Å². The van der Waals surface area contributed by atoms with E-state index < -0.39 is 17.7 Å². The van der Waals surface area contributed by atoms with Gasteiger partial charge in [0.05, 0.1) is 5.56 Å². The van der Waals surface area contributed by atoms with Crippen molar-refractivity contribution in [1.82, 2.24) is 4.98 Å². The van der Waals surface area contributed by atoms with Gasteiger partial charge in [-0.25, -0.2) is 13.8 Å². The fourth-order valence-electron chi connectivity index (χ4n) is 2.25. The van der Waals surface area contributed by atoms with Crippen LogP contribution in [0.5, 0.6) is 0 Å². The molecule has 1 aliphatic rings. The summed E-state index contributed by atoms with van der Waals surface area (Å²) >= 11 is 0. The molecule has 1 aromatic rings. The summed E-state index contributed by atoms with van der Waals surface area (Å²) in [4.78, 5) is 17.4. The number of aromatic nitrogens is 1. The fourth-order valence-corrected chi connectivity index (χ4v) is 2.25. The van der Waals surface area contributed by atoms with Gasteiger partial charge in [-0.3, -0.25) is 4.79 Å².